The first kappa shape index (κ1) is 24.2. The van der Waals surface area contributed by atoms with Gasteiger partial charge < -0.3 is 15.1 Å². The topological polar surface area (TPSA) is 83.4 Å². The molecule has 0 radical (unpaired) electrons. The van der Waals surface area contributed by atoms with Crippen LogP contribution in [0.3, 0.4) is 0 Å². The molecule has 3 N–H and O–H groups in total. The molecule has 0 aliphatic heterocycles. The van der Waals surface area contributed by atoms with Crippen molar-refractivity contribution in [2.75, 3.05) is 10.6 Å². The van der Waals surface area contributed by atoms with Gasteiger partial charge in [0.15, 0.2) is 10.9 Å². The van der Waals surface area contributed by atoms with Crippen molar-refractivity contribution in [2.45, 2.75) is 33.1 Å². The first-order valence-electron chi connectivity index (χ1n) is 11.2. The summed E-state index contributed by atoms with van der Waals surface area (Å²) < 4.78 is 5.68. The number of benzene rings is 3. The third-order valence-corrected chi connectivity index (χ3v) is 5.89. The lowest BCUT2D eigenvalue weighted by Crippen LogP contribution is -2.34. The molecule has 7 heteroatoms. The first-order valence-corrected chi connectivity index (χ1v) is 11.6. The van der Waals surface area contributed by atoms with Crippen molar-refractivity contribution >= 4 is 51.5 Å². The van der Waals surface area contributed by atoms with Gasteiger partial charge in [-0.2, -0.15) is 0 Å². The first-order chi connectivity index (χ1) is 16.6. The monoisotopic (exact) mass is 485 g/mol. The van der Waals surface area contributed by atoms with E-state index in [2.05, 4.69) is 36.7 Å². The van der Waals surface area contributed by atoms with Gasteiger partial charge in [0.25, 0.3) is 11.8 Å². The van der Waals surface area contributed by atoms with Gasteiger partial charge in [-0.15, -0.1) is 0 Å². The van der Waals surface area contributed by atoms with Gasteiger partial charge in [0.2, 0.25) is 0 Å². The van der Waals surface area contributed by atoms with Gasteiger partial charge in [0.1, 0.15) is 5.58 Å². The lowest BCUT2D eigenvalue weighted by Gasteiger charge is -2.19. The number of anilines is 2. The molecule has 0 saturated carbocycles. The predicted octanol–water partition coefficient (Wildman–Crippen LogP) is 6.42. The highest BCUT2D eigenvalue weighted by Crippen LogP contribution is 2.25. The summed E-state index contributed by atoms with van der Waals surface area (Å²) in [5.41, 5.74) is 4.51. The molecular weight excluding hydrogens is 458 g/mol. The number of hydrogen-bond acceptors (Lipinski definition) is 4. The summed E-state index contributed by atoms with van der Waals surface area (Å²) in [7, 11) is 0. The summed E-state index contributed by atoms with van der Waals surface area (Å²) >= 11 is 5.29. The second-order valence-corrected chi connectivity index (χ2v) is 9.73. The number of hydrogen-bond donors (Lipinski definition) is 3. The predicted molar refractivity (Wildman–Crippen MR) is 144 cm³/mol. The van der Waals surface area contributed by atoms with Crippen LogP contribution in [0.2, 0.25) is 0 Å². The molecule has 0 spiro atoms. The van der Waals surface area contributed by atoms with Crippen molar-refractivity contribution in [2.24, 2.45) is 0 Å². The van der Waals surface area contributed by atoms with E-state index in [1.165, 1.54) is 5.56 Å². The van der Waals surface area contributed by atoms with Crippen LogP contribution in [0.4, 0.5) is 11.4 Å². The number of nitrogens with one attached hydrogen (secondary N) is 3. The lowest BCUT2D eigenvalue weighted by atomic mass is 9.87. The van der Waals surface area contributed by atoms with Crippen LogP contribution in [0.15, 0.2) is 77.2 Å². The fraction of sp³-hybridized carbons (Fsp3) is 0.179. The van der Waals surface area contributed by atoms with E-state index >= 15 is 0 Å². The average molecular weight is 486 g/mol. The van der Waals surface area contributed by atoms with Crippen LogP contribution >= 0.6 is 12.2 Å². The molecule has 3 aromatic carbocycles. The maximum atomic E-state index is 12.6. The number of carbonyl (C=O) groups is 2. The highest BCUT2D eigenvalue weighted by Gasteiger charge is 2.18. The molecule has 35 heavy (non-hydrogen) atoms. The van der Waals surface area contributed by atoms with Crippen LogP contribution in [-0.2, 0) is 5.41 Å². The Bertz CT molecular complexity index is 1400. The minimum Gasteiger partial charge on any atom is -0.451 e. The standard InChI is InChI=1S/C28H27N3O3S/c1-17-22-7-5-6-8-23(22)34-24(17)26(33)31-27(35)30-21-15-13-20(14-16-21)29-25(32)18-9-11-19(12-10-18)28(2,3)4/h5-16H,1-4H3,(H,29,32)(H2,30,31,33,35). The quantitative estimate of drug-likeness (QED) is 0.291. The Morgan fingerprint density at radius 1 is 0.800 bits per heavy atom. The average Bonchev–Trinajstić information content (AvgIpc) is 3.16. The van der Waals surface area contributed by atoms with E-state index in [4.69, 9.17) is 16.6 Å². The molecule has 0 unspecified atom stereocenters. The summed E-state index contributed by atoms with van der Waals surface area (Å²) in [6.45, 7) is 8.24. The Balaban J connectivity index is 1.34. The third kappa shape index (κ3) is 5.58. The summed E-state index contributed by atoms with van der Waals surface area (Å²) in [5, 5.41) is 9.54. The van der Waals surface area contributed by atoms with E-state index < -0.39 is 5.91 Å². The molecule has 1 heterocycles. The number of carbonyl (C=O) groups excluding carboxylic acids is 2. The number of aryl methyl sites for hydroxylation is 1. The molecule has 1 aromatic heterocycles. The molecule has 0 aliphatic rings. The van der Waals surface area contributed by atoms with Crippen LogP contribution in [0.25, 0.3) is 11.0 Å². The van der Waals surface area contributed by atoms with Crippen LogP contribution in [0.5, 0.6) is 0 Å². The Hall–Kier alpha value is -3.97. The van der Waals surface area contributed by atoms with E-state index in [1.807, 2.05) is 55.5 Å². The van der Waals surface area contributed by atoms with Crippen molar-refractivity contribution in [3.63, 3.8) is 0 Å². The van der Waals surface area contributed by atoms with Crippen LogP contribution < -0.4 is 16.0 Å². The second-order valence-electron chi connectivity index (χ2n) is 9.32. The summed E-state index contributed by atoms with van der Waals surface area (Å²) in [6, 6.07) is 22.1. The Kier molecular flexibility index (Phi) is 6.71. The van der Waals surface area contributed by atoms with Crippen molar-refractivity contribution in [3.05, 3.63) is 95.2 Å². The lowest BCUT2D eigenvalue weighted by molar-refractivity contribution is 0.0951. The highest BCUT2D eigenvalue weighted by molar-refractivity contribution is 7.80. The van der Waals surface area contributed by atoms with E-state index in [9.17, 15) is 9.59 Å². The van der Waals surface area contributed by atoms with E-state index in [-0.39, 0.29) is 22.2 Å². The molecule has 4 aromatic rings. The molecule has 0 atom stereocenters. The number of furan rings is 1. The number of rotatable bonds is 4. The van der Waals surface area contributed by atoms with Gasteiger partial charge in [-0.05, 0) is 72.6 Å². The van der Waals surface area contributed by atoms with Crippen LogP contribution in [0.1, 0.15) is 52.8 Å². The number of amides is 2. The summed E-state index contributed by atoms with van der Waals surface area (Å²) in [5.74, 6) is -0.378. The van der Waals surface area contributed by atoms with Crippen LogP contribution in [-0.4, -0.2) is 16.9 Å². The Morgan fingerprint density at radius 2 is 1.40 bits per heavy atom. The molecule has 0 fully saturated rings. The molecule has 6 nitrogen and oxygen atoms in total. The molecule has 0 saturated heterocycles. The fourth-order valence-corrected chi connectivity index (χ4v) is 3.89. The highest BCUT2D eigenvalue weighted by atomic mass is 32.1. The SMILES string of the molecule is Cc1c(C(=O)NC(=S)Nc2ccc(NC(=O)c3ccc(C(C)(C)C)cc3)cc2)oc2ccccc12. The normalized spacial score (nSPS) is 11.2. The van der Waals surface area contributed by atoms with Crippen molar-refractivity contribution in [1.29, 1.82) is 0 Å². The Morgan fingerprint density at radius 3 is 2.00 bits per heavy atom. The number of fused-ring (bicyclic) bond motifs is 1. The molecule has 178 valence electrons. The molecule has 0 aliphatic carbocycles. The number of thiocarbonyl (C=S) groups is 1. The van der Waals surface area contributed by atoms with Gasteiger partial charge in [0, 0.05) is 27.9 Å². The maximum absolute atomic E-state index is 12.6. The maximum Gasteiger partial charge on any atom is 0.293 e. The van der Waals surface area contributed by atoms with E-state index in [1.54, 1.807) is 24.3 Å². The van der Waals surface area contributed by atoms with E-state index in [0.717, 1.165) is 10.9 Å². The third-order valence-electron chi connectivity index (χ3n) is 5.69. The second kappa shape index (κ2) is 9.72. The van der Waals surface area contributed by atoms with E-state index in [0.29, 0.717) is 22.5 Å². The van der Waals surface area contributed by atoms with Gasteiger partial charge in [-0.3, -0.25) is 14.9 Å². The van der Waals surface area contributed by atoms with Crippen LogP contribution in [0, 0.1) is 6.92 Å². The van der Waals surface area contributed by atoms with Gasteiger partial charge in [0.05, 0.1) is 0 Å². The van der Waals surface area contributed by atoms with Crippen molar-refractivity contribution < 1.29 is 14.0 Å². The smallest absolute Gasteiger partial charge is 0.293 e. The molecule has 0 bridgehead atoms. The summed E-state index contributed by atoms with van der Waals surface area (Å²) in [4.78, 5) is 25.2. The molecule has 2 amide bonds. The largest absolute Gasteiger partial charge is 0.451 e. The zero-order valence-electron chi connectivity index (χ0n) is 20.1. The zero-order chi connectivity index (χ0) is 25.2. The summed E-state index contributed by atoms with van der Waals surface area (Å²) in [6.07, 6.45) is 0. The zero-order valence-corrected chi connectivity index (χ0v) is 20.9. The molecular formula is C28H27N3O3S. The minimum absolute atomic E-state index is 0.0305. The van der Waals surface area contributed by atoms with Gasteiger partial charge in [-0.25, -0.2) is 0 Å². The van der Waals surface area contributed by atoms with Gasteiger partial charge >= 0.3 is 0 Å². The minimum atomic E-state index is -0.419. The van der Waals surface area contributed by atoms with Crippen molar-refractivity contribution in [1.82, 2.24) is 5.32 Å². The van der Waals surface area contributed by atoms with Gasteiger partial charge in [-0.1, -0.05) is 51.1 Å². The number of para-hydroxylation sites is 1. The Labute approximate surface area is 209 Å². The van der Waals surface area contributed by atoms with Crippen molar-refractivity contribution in [3.8, 4) is 0 Å². The fourth-order valence-electron chi connectivity index (χ4n) is 3.67. The molecule has 4 rings (SSSR count).